The lowest BCUT2D eigenvalue weighted by molar-refractivity contribution is 0.284. The number of benzene rings is 3. The molecule has 0 amide bonds. The largest absolute Gasteiger partial charge is 0.493 e. The number of hydrogen-bond donors (Lipinski definition) is 0. The van der Waals surface area contributed by atoms with Crippen LogP contribution in [0, 0.1) is 17.1 Å². The van der Waals surface area contributed by atoms with Crippen molar-refractivity contribution in [2.75, 3.05) is 7.11 Å². The molecule has 6 heteroatoms. The van der Waals surface area contributed by atoms with Crippen molar-refractivity contribution in [3.63, 3.8) is 0 Å². The molecule has 0 radical (unpaired) electrons. The lowest BCUT2D eigenvalue weighted by atomic mass is 10.0. The van der Waals surface area contributed by atoms with Crippen LogP contribution in [0.15, 0.2) is 69.6 Å². The Kier molecular flexibility index (Phi) is 7.08. The van der Waals surface area contributed by atoms with Gasteiger partial charge >= 0.3 is 0 Å². The predicted octanol–water partition coefficient (Wildman–Crippen LogP) is 7.00. The summed E-state index contributed by atoms with van der Waals surface area (Å²) in [6.45, 7) is 0.379. The zero-order valence-corrected chi connectivity index (χ0v) is 18.6. The minimum Gasteiger partial charge on any atom is -0.493 e. The van der Waals surface area contributed by atoms with Gasteiger partial charge in [0.2, 0.25) is 0 Å². The first-order chi connectivity index (χ1) is 14.0. The average Bonchev–Trinajstić information content (AvgIpc) is 2.73. The summed E-state index contributed by atoms with van der Waals surface area (Å²) in [6.07, 6.45) is 1.61. The number of halogens is 3. The van der Waals surface area contributed by atoms with Crippen LogP contribution >= 0.6 is 31.9 Å². The molecule has 3 rings (SSSR count). The maximum absolute atomic E-state index is 14.1. The zero-order valence-electron chi connectivity index (χ0n) is 15.5. The second kappa shape index (κ2) is 9.73. The van der Waals surface area contributed by atoms with Crippen LogP contribution in [0.1, 0.15) is 16.7 Å². The standard InChI is InChI=1S/C23H16Br2FNO2/c1-28-22-11-16(10-17(13-27)19-4-2-3-5-21(19)26)20(25)12-23(22)29-14-15-6-8-18(24)9-7-15/h2-12H,14H2,1H3/b17-10-. The summed E-state index contributed by atoms with van der Waals surface area (Å²) in [5.74, 6) is 0.629. The summed E-state index contributed by atoms with van der Waals surface area (Å²) < 4.78 is 27.1. The molecule has 0 heterocycles. The molecule has 0 aliphatic carbocycles. The van der Waals surface area contributed by atoms with Gasteiger partial charge in [0, 0.05) is 14.5 Å². The third-order valence-electron chi connectivity index (χ3n) is 4.17. The van der Waals surface area contributed by atoms with E-state index in [1.54, 1.807) is 43.5 Å². The van der Waals surface area contributed by atoms with E-state index in [0.717, 1.165) is 10.0 Å². The van der Waals surface area contributed by atoms with Gasteiger partial charge in [0.15, 0.2) is 11.5 Å². The Bertz CT molecular complexity index is 1090. The Morgan fingerprint density at radius 3 is 2.45 bits per heavy atom. The van der Waals surface area contributed by atoms with Gasteiger partial charge < -0.3 is 9.47 Å². The van der Waals surface area contributed by atoms with Crippen LogP contribution < -0.4 is 9.47 Å². The molecule has 0 aromatic heterocycles. The van der Waals surface area contributed by atoms with E-state index in [0.29, 0.717) is 28.1 Å². The third-order valence-corrected chi connectivity index (χ3v) is 5.39. The Hall–Kier alpha value is -2.62. The molecule has 0 N–H and O–H groups in total. The van der Waals surface area contributed by atoms with Crippen LogP contribution in [-0.2, 0) is 6.61 Å². The van der Waals surface area contributed by atoms with Crippen molar-refractivity contribution in [1.82, 2.24) is 0 Å². The van der Waals surface area contributed by atoms with E-state index in [-0.39, 0.29) is 11.1 Å². The fourth-order valence-corrected chi connectivity index (χ4v) is 3.38. The minimum atomic E-state index is -0.446. The maximum Gasteiger partial charge on any atom is 0.162 e. The smallest absolute Gasteiger partial charge is 0.162 e. The Morgan fingerprint density at radius 1 is 1.07 bits per heavy atom. The van der Waals surface area contributed by atoms with Crippen LogP contribution in [0.4, 0.5) is 4.39 Å². The average molecular weight is 517 g/mol. The Balaban J connectivity index is 1.90. The molecule has 146 valence electrons. The van der Waals surface area contributed by atoms with Crippen molar-refractivity contribution < 1.29 is 13.9 Å². The van der Waals surface area contributed by atoms with Gasteiger partial charge in [0.1, 0.15) is 12.4 Å². The summed E-state index contributed by atoms with van der Waals surface area (Å²) in [5, 5.41) is 9.51. The monoisotopic (exact) mass is 515 g/mol. The second-order valence-electron chi connectivity index (χ2n) is 6.09. The molecule has 29 heavy (non-hydrogen) atoms. The van der Waals surface area contributed by atoms with Crippen LogP contribution in [0.25, 0.3) is 11.6 Å². The van der Waals surface area contributed by atoms with Crippen molar-refractivity contribution in [1.29, 1.82) is 5.26 Å². The molecule has 0 saturated heterocycles. The molecule has 0 unspecified atom stereocenters. The molecule has 3 aromatic rings. The molecule has 0 aliphatic rings. The summed E-state index contributed by atoms with van der Waals surface area (Å²) in [5.41, 5.74) is 2.16. The summed E-state index contributed by atoms with van der Waals surface area (Å²) in [4.78, 5) is 0. The van der Waals surface area contributed by atoms with Gasteiger partial charge in [-0.05, 0) is 47.5 Å². The lowest BCUT2D eigenvalue weighted by Gasteiger charge is -2.13. The van der Waals surface area contributed by atoms with Crippen LogP contribution in [0.3, 0.4) is 0 Å². The van der Waals surface area contributed by atoms with E-state index in [1.807, 2.05) is 24.3 Å². The predicted molar refractivity (Wildman–Crippen MR) is 119 cm³/mol. The van der Waals surface area contributed by atoms with Crippen molar-refractivity contribution in [3.8, 4) is 17.6 Å². The first kappa shape index (κ1) is 21.1. The van der Waals surface area contributed by atoms with Crippen LogP contribution in [0.2, 0.25) is 0 Å². The van der Waals surface area contributed by atoms with Crippen molar-refractivity contribution >= 4 is 43.5 Å². The van der Waals surface area contributed by atoms with E-state index >= 15 is 0 Å². The van der Waals surface area contributed by atoms with Gasteiger partial charge in [-0.1, -0.05) is 62.2 Å². The lowest BCUT2D eigenvalue weighted by Crippen LogP contribution is -1.98. The third kappa shape index (κ3) is 5.26. The molecule has 3 nitrogen and oxygen atoms in total. The fraction of sp³-hybridized carbons (Fsp3) is 0.0870. The first-order valence-electron chi connectivity index (χ1n) is 8.63. The molecule has 0 saturated carbocycles. The van der Waals surface area contributed by atoms with E-state index < -0.39 is 5.82 Å². The second-order valence-corrected chi connectivity index (χ2v) is 7.86. The highest BCUT2D eigenvalue weighted by Gasteiger charge is 2.12. The van der Waals surface area contributed by atoms with Gasteiger partial charge in [-0.15, -0.1) is 0 Å². The summed E-state index contributed by atoms with van der Waals surface area (Å²) in [6, 6.07) is 19.6. The van der Waals surface area contributed by atoms with Crippen LogP contribution in [-0.4, -0.2) is 7.11 Å². The van der Waals surface area contributed by atoms with Gasteiger partial charge in [0.05, 0.1) is 18.8 Å². The van der Waals surface area contributed by atoms with Gasteiger partial charge in [-0.2, -0.15) is 5.26 Å². The van der Waals surface area contributed by atoms with Crippen molar-refractivity contribution in [2.45, 2.75) is 6.61 Å². The van der Waals surface area contributed by atoms with E-state index in [1.165, 1.54) is 6.07 Å². The number of nitriles is 1. The molecular formula is C23H16Br2FNO2. The number of allylic oxidation sites excluding steroid dienone is 1. The molecular weight excluding hydrogens is 501 g/mol. The Labute approximate surface area is 185 Å². The highest BCUT2D eigenvalue weighted by atomic mass is 79.9. The van der Waals surface area contributed by atoms with Crippen LogP contribution in [0.5, 0.6) is 11.5 Å². The molecule has 0 bridgehead atoms. The van der Waals surface area contributed by atoms with Crippen molar-refractivity contribution in [3.05, 3.63) is 92.1 Å². The molecule has 0 atom stereocenters. The molecule has 0 spiro atoms. The quantitative estimate of drug-likeness (QED) is 0.261. The maximum atomic E-state index is 14.1. The summed E-state index contributed by atoms with van der Waals surface area (Å²) in [7, 11) is 1.55. The van der Waals surface area contributed by atoms with E-state index in [4.69, 9.17) is 9.47 Å². The van der Waals surface area contributed by atoms with E-state index in [9.17, 15) is 9.65 Å². The Morgan fingerprint density at radius 2 is 1.79 bits per heavy atom. The first-order valence-corrected chi connectivity index (χ1v) is 10.2. The highest BCUT2D eigenvalue weighted by molar-refractivity contribution is 9.10. The zero-order chi connectivity index (χ0) is 20.8. The number of nitrogens with zero attached hydrogens (tertiary/aromatic N) is 1. The SMILES string of the molecule is COc1cc(/C=C(/C#N)c2ccccc2F)c(Br)cc1OCc1ccc(Br)cc1. The van der Waals surface area contributed by atoms with Gasteiger partial charge in [0.25, 0.3) is 0 Å². The number of hydrogen-bond acceptors (Lipinski definition) is 3. The summed E-state index contributed by atoms with van der Waals surface area (Å²) >= 11 is 6.92. The highest BCUT2D eigenvalue weighted by Crippen LogP contribution is 2.36. The topological polar surface area (TPSA) is 42.2 Å². The normalized spacial score (nSPS) is 11.1. The molecule has 0 aliphatic heterocycles. The minimum absolute atomic E-state index is 0.217. The molecule has 0 fully saturated rings. The van der Waals surface area contributed by atoms with Gasteiger partial charge in [-0.3, -0.25) is 0 Å². The number of ether oxygens (including phenoxy) is 2. The number of methoxy groups -OCH3 is 1. The van der Waals surface area contributed by atoms with E-state index in [2.05, 4.69) is 37.9 Å². The molecule has 3 aromatic carbocycles. The van der Waals surface area contributed by atoms with Crippen molar-refractivity contribution in [2.24, 2.45) is 0 Å². The number of rotatable bonds is 6. The van der Waals surface area contributed by atoms with Gasteiger partial charge in [-0.25, -0.2) is 4.39 Å². The fourth-order valence-electron chi connectivity index (χ4n) is 2.68.